The summed E-state index contributed by atoms with van der Waals surface area (Å²) in [5.74, 6) is -0.209. The Kier molecular flexibility index (Phi) is 3.87. The summed E-state index contributed by atoms with van der Waals surface area (Å²) in [5, 5.41) is 15.4. The van der Waals surface area contributed by atoms with Crippen molar-refractivity contribution in [2.45, 2.75) is 25.3 Å². The van der Waals surface area contributed by atoms with E-state index in [0.29, 0.717) is 22.5 Å². The normalized spacial score (nSPS) is 27.4. The Balaban J connectivity index is 1.75. The summed E-state index contributed by atoms with van der Waals surface area (Å²) < 4.78 is 0. The minimum atomic E-state index is -1.04. The topological polar surface area (TPSA) is 78.4 Å². The summed E-state index contributed by atoms with van der Waals surface area (Å²) in [4.78, 5) is 23.4. The van der Waals surface area contributed by atoms with Crippen LogP contribution >= 0.6 is 11.6 Å². The highest BCUT2D eigenvalue weighted by molar-refractivity contribution is 6.34. The molecule has 21 heavy (non-hydrogen) atoms. The van der Waals surface area contributed by atoms with Gasteiger partial charge in [-0.15, -0.1) is 0 Å². The standard InChI is InChI=1S/C15H17ClN2O3/c16-11-5-4-8(15(20)21)6-12(11)18-14(19)13-10-3-1-2-9(10)7-17-13/h4-6,9-10,13,17H,1-3,7H2,(H,18,19)(H,20,21). The van der Waals surface area contributed by atoms with Gasteiger partial charge in [-0.3, -0.25) is 4.79 Å². The van der Waals surface area contributed by atoms with Crippen LogP contribution in [0.15, 0.2) is 18.2 Å². The van der Waals surface area contributed by atoms with Crippen LogP contribution in [0.2, 0.25) is 5.02 Å². The largest absolute Gasteiger partial charge is 0.478 e. The number of carboxylic acids is 1. The Labute approximate surface area is 127 Å². The zero-order valence-corrected chi connectivity index (χ0v) is 12.2. The van der Waals surface area contributed by atoms with Crippen LogP contribution in [0.25, 0.3) is 0 Å². The third kappa shape index (κ3) is 2.76. The molecule has 5 nitrogen and oxygen atoms in total. The number of carbonyl (C=O) groups is 2. The maximum atomic E-state index is 12.4. The van der Waals surface area contributed by atoms with Crippen molar-refractivity contribution in [2.24, 2.45) is 11.8 Å². The Morgan fingerprint density at radius 3 is 2.90 bits per heavy atom. The second-order valence-corrected chi connectivity index (χ2v) is 6.14. The van der Waals surface area contributed by atoms with Gasteiger partial charge >= 0.3 is 5.97 Å². The number of halogens is 1. The molecule has 3 N–H and O–H groups in total. The van der Waals surface area contributed by atoms with E-state index >= 15 is 0 Å². The van der Waals surface area contributed by atoms with Gasteiger partial charge in [-0.05, 0) is 49.4 Å². The van der Waals surface area contributed by atoms with E-state index in [0.717, 1.165) is 13.0 Å². The van der Waals surface area contributed by atoms with Crippen LogP contribution in [-0.4, -0.2) is 29.6 Å². The molecule has 2 aliphatic rings. The Bertz CT molecular complexity index is 590. The van der Waals surface area contributed by atoms with Crippen molar-refractivity contribution < 1.29 is 14.7 Å². The monoisotopic (exact) mass is 308 g/mol. The highest BCUT2D eigenvalue weighted by Crippen LogP contribution is 2.38. The van der Waals surface area contributed by atoms with Crippen LogP contribution in [0, 0.1) is 11.8 Å². The van der Waals surface area contributed by atoms with Crippen molar-refractivity contribution in [1.82, 2.24) is 5.32 Å². The lowest BCUT2D eigenvalue weighted by atomic mass is 9.93. The number of nitrogens with one attached hydrogen (secondary N) is 2. The summed E-state index contributed by atoms with van der Waals surface area (Å²) in [7, 11) is 0. The molecule has 1 heterocycles. The first-order chi connectivity index (χ1) is 10.1. The number of fused-ring (bicyclic) bond motifs is 1. The van der Waals surface area contributed by atoms with Gasteiger partial charge in [0.25, 0.3) is 0 Å². The van der Waals surface area contributed by atoms with Crippen molar-refractivity contribution in [1.29, 1.82) is 0 Å². The van der Waals surface area contributed by atoms with E-state index in [1.54, 1.807) is 0 Å². The van der Waals surface area contributed by atoms with Crippen LogP contribution in [0.1, 0.15) is 29.6 Å². The smallest absolute Gasteiger partial charge is 0.335 e. The van der Waals surface area contributed by atoms with Gasteiger partial charge in [0.2, 0.25) is 5.91 Å². The molecule has 1 saturated carbocycles. The van der Waals surface area contributed by atoms with Crippen molar-refractivity contribution in [3.8, 4) is 0 Å². The number of aromatic carboxylic acids is 1. The fraction of sp³-hybridized carbons (Fsp3) is 0.467. The average molecular weight is 309 g/mol. The lowest BCUT2D eigenvalue weighted by Crippen LogP contribution is -2.39. The van der Waals surface area contributed by atoms with Crippen LogP contribution < -0.4 is 10.6 Å². The first-order valence-corrected chi connectivity index (χ1v) is 7.51. The molecule has 3 atom stereocenters. The van der Waals surface area contributed by atoms with Gasteiger partial charge in [-0.1, -0.05) is 18.0 Å². The maximum absolute atomic E-state index is 12.4. The third-order valence-electron chi connectivity index (χ3n) is 4.50. The molecule has 0 bridgehead atoms. The van der Waals surface area contributed by atoms with E-state index in [4.69, 9.17) is 16.7 Å². The number of rotatable bonds is 3. The van der Waals surface area contributed by atoms with Crippen molar-refractivity contribution in [2.75, 3.05) is 11.9 Å². The average Bonchev–Trinajstić information content (AvgIpc) is 3.03. The molecule has 112 valence electrons. The number of anilines is 1. The van der Waals surface area contributed by atoms with E-state index in [2.05, 4.69) is 10.6 Å². The molecule has 0 spiro atoms. The van der Waals surface area contributed by atoms with Gasteiger partial charge in [-0.2, -0.15) is 0 Å². The molecule has 2 fully saturated rings. The molecule has 1 aliphatic carbocycles. The van der Waals surface area contributed by atoms with Crippen molar-refractivity contribution >= 4 is 29.2 Å². The maximum Gasteiger partial charge on any atom is 0.335 e. The number of amides is 1. The lowest BCUT2D eigenvalue weighted by molar-refractivity contribution is -0.118. The molecule has 0 radical (unpaired) electrons. The van der Waals surface area contributed by atoms with Crippen molar-refractivity contribution in [3.63, 3.8) is 0 Å². The number of benzene rings is 1. The SMILES string of the molecule is O=C(O)c1ccc(Cl)c(NC(=O)C2NCC3CCCC32)c1. The van der Waals surface area contributed by atoms with Gasteiger partial charge in [0.1, 0.15) is 0 Å². The van der Waals surface area contributed by atoms with E-state index < -0.39 is 5.97 Å². The molecular weight excluding hydrogens is 292 g/mol. The molecule has 6 heteroatoms. The zero-order valence-electron chi connectivity index (χ0n) is 11.4. The third-order valence-corrected chi connectivity index (χ3v) is 4.83. The summed E-state index contributed by atoms with van der Waals surface area (Å²) >= 11 is 6.03. The number of carbonyl (C=O) groups excluding carboxylic acids is 1. The first kappa shape index (κ1) is 14.4. The van der Waals surface area contributed by atoms with Crippen LogP contribution in [0.3, 0.4) is 0 Å². The predicted octanol–water partition coefficient (Wildman–Crippen LogP) is 2.36. The summed E-state index contributed by atoms with van der Waals surface area (Å²) in [5.41, 5.74) is 0.456. The minimum Gasteiger partial charge on any atom is -0.478 e. The molecule has 1 amide bonds. The second kappa shape index (κ2) is 5.66. The van der Waals surface area contributed by atoms with Crippen LogP contribution in [0.4, 0.5) is 5.69 Å². The number of hydrogen-bond donors (Lipinski definition) is 3. The Morgan fingerprint density at radius 2 is 2.14 bits per heavy atom. The van der Waals surface area contributed by atoms with Crippen molar-refractivity contribution in [3.05, 3.63) is 28.8 Å². The molecule has 1 aromatic carbocycles. The van der Waals surface area contributed by atoms with E-state index in [-0.39, 0.29) is 17.5 Å². The van der Waals surface area contributed by atoms with Gasteiger partial charge in [0.15, 0.2) is 0 Å². The fourth-order valence-electron chi connectivity index (χ4n) is 3.44. The van der Waals surface area contributed by atoms with Gasteiger partial charge < -0.3 is 15.7 Å². The highest BCUT2D eigenvalue weighted by Gasteiger charge is 2.42. The summed E-state index contributed by atoms with van der Waals surface area (Å²) in [6, 6.07) is 4.09. The molecule has 0 aromatic heterocycles. The number of carboxylic acid groups (broad SMARTS) is 1. The van der Waals surface area contributed by atoms with E-state index in [1.165, 1.54) is 31.0 Å². The van der Waals surface area contributed by atoms with Gasteiger partial charge in [0, 0.05) is 0 Å². The minimum absolute atomic E-state index is 0.104. The molecule has 3 rings (SSSR count). The second-order valence-electron chi connectivity index (χ2n) is 5.73. The Hall–Kier alpha value is -1.59. The fourth-order valence-corrected chi connectivity index (χ4v) is 3.60. The molecular formula is C15H17ClN2O3. The number of hydrogen-bond acceptors (Lipinski definition) is 3. The van der Waals surface area contributed by atoms with E-state index in [1.807, 2.05) is 0 Å². The highest BCUT2D eigenvalue weighted by atomic mass is 35.5. The summed E-state index contributed by atoms with van der Waals surface area (Å²) in [6.07, 6.45) is 3.42. The van der Waals surface area contributed by atoms with E-state index in [9.17, 15) is 9.59 Å². The Morgan fingerprint density at radius 1 is 1.33 bits per heavy atom. The van der Waals surface area contributed by atoms with Crippen LogP contribution in [0.5, 0.6) is 0 Å². The zero-order chi connectivity index (χ0) is 15.0. The molecule has 1 aromatic rings. The van der Waals surface area contributed by atoms with Gasteiger partial charge in [0.05, 0.1) is 22.3 Å². The summed E-state index contributed by atoms with van der Waals surface area (Å²) in [6.45, 7) is 0.881. The predicted molar refractivity (Wildman–Crippen MR) is 79.7 cm³/mol. The lowest BCUT2D eigenvalue weighted by Gasteiger charge is -2.18. The first-order valence-electron chi connectivity index (χ1n) is 7.13. The quantitative estimate of drug-likeness (QED) is 0.801. The molecule has 3 unspecified atom stereocenters. The molecule has 1 aliphatic heterocycles. The van der Waals surface area contributed by atoms with Gasteiger partial charge in [-0.25, -0.2) is 4.79 Å². The van der Waals surface area contributed by atoms with Crippen LogP contribution in [-0.2, 0) is 4.79 Å². The molecule has 1 saturated heterocycles.